The molecule has 0 aromatic carbocycles. The summed E-state index contributed by atoms with van der Waals surface area (Å²) in [6.45, 7) is 1.79. The minimum atomic E-state index is -0.951. The van der Waals surface area contributed by atoms with E-state index in [9.17, 15) is 9.90 Å². The molecular weight excluding hydrogens is 216 g/mol. The van der Waals surface area contributed by atoms with Gasteiger partial charge in [0.15, 0.2) is 0 Å². The monoisotopic (exact) mass is 226 g/mol. The van der Waals surface area contributed by atoms with Crippen LogP contribution in [0.4, 0.5) is 5.00 Å². The number of nitrogens with zero attached hydrogens (tertiary/aromatic N) is 1. The first kappa shape index (κ1) is 10.1. The fourth-order valence-corrected chi connectivity index (χ4v) is 2.26. The number of hydrogen-bond donors (Lipinski definition) is 2. The molecule has 0 saturated carbocycles. The molecule has 0 fully saturated rings. The number of esters is 1. The Labute approximate surface area is 90.5 Å². The number of rotatable bonds is 1. The smallest absolute Gasteiger partial charge is 0.338 e. The molecule has 2 heterocycles. The van der Waals surface area contributed by atoms with Gasteiger partial charge >= 0.3 is 5.97 Å². The molecule has 1 aromatic rings. The second-order valence-corrected chi connectivity index (χ2v) is 3.92. The van der Waals surface area contributed by atoms with Gasteiger partial charge in [0.25, 0.3) is 0 Å². The summed E-state index contributed by atoms with van der Waals surface area (Å²) in [6, 6.07) is 0. The predicted octanol–water partition coefficient (Wildman–Crippen LogP) is 0.967. The van der Waals surface area contributed by atoms with Crippen LogP contribution in [0.1, 0.15) is 17.4 Å². The van der Waals surface area contributed by atoms with Gasteiger partial charge in [0.2, 0.25) is 0 Å². The molecule has 1 unspecified atom stereocenters. The molecule has 1 aliphatic rings. The van der Waals surface area contributed by atoms with Gasteiger partial charge in [-0.1, -0.05) is 0 Å². The van der Waals surface area contributed by atoms with Gasteiger partial charge in [0.1, 0.15) is 11.1 Å². The third-order valence-electron chi connectivity index (χ3n) is 2.26. The van der Waals surface area contributed by atoms with Crippen molar-refractivity contribution < 1.29 is 14.6 Å². The van der Waals surface area contributed by atoms with Crippen LogP contribution >= 0.6 is 11.5 Å². The number of aryl methyl sites for hydroxylation is 1. The highest BCUT2D eigenvalue weighted by Crippen LogP contribution is 2.37. The summed E-state index contributed by atoms with van der Waals surface area (Å²) >= 11 is 1.26. The number of carbonyl (C=O) groups excluding carboxylic acids is 1. The zero-order valence-electron chi connectivity index (χ0n) is 8.27. The van der Waals surface area contributed by atoms with Crippen LogP contribution in [0.25, 0.3) is 0 Å². The van der Waals surface area contributed by atoms with E-state index in [-0.39, 0.29) is 5.57 Å². The summed E-state index contributed by atoms with van der Waals surface area (Å²) in [5.41, 5.74) is 1.58. The van der Waals surface area contributed by atoms with Crippen LogP contribution in [-0.4, -0.2) is 22.6 Å². The van der Waals surface area contributed by atoms with Crippen LogP contribution in [0.3, 0.4) is 0 Å². The van der Waals surface area contributed by atoms with Crippen molar-refractivity contribution in [2.75, 3.05) is 12.4 Å². The molecule has 2 rings (SSSR count). The van der Waals surface area contributed by atoms with E-state index in [4.69, 9.17) is 0 Å². The highest BCUT2D eigenvalue weighted by atomic mass is 32.1. The number of nitrogens with one attached hydrogen (secondary N) is 1. The van der Waals surface area contributed by atoms with Gasteiger partial charge in [-0.05, 0) is 18.5 Å². The van der Waals surface area contributed by atoms with E-state index in [1.165, 1.54) is 24.8 Å². The van der Waals surface area contributed by atoms with Gasteiger partial charge < -0.3 is 15.2 Å². The lowest BCUT2D eigenvalue weighted by Crippen LogP contribution is -2.18. The quantitative estimate of drug-likeness (QED) is 0.698. The number of hydrogen-bond acceptors (Lipinski definition) is 6. The maximum absolute atomic E-state index is 11.3. The highest BCUT2D eigenvalue weighted by molar-refractivity contribution is 7.10. The van der Waals surface area contributed by atoms with Crippen molar-refractivity contribution in [1.29, 1.82) is 0 Å². The van der Waals surface area contributed by atoms with E-state index in [1.807, 2.05) is 0 Å². The average molecular weight is 226 g/mol. The van der Waals surface area contributed by atoms with E-state index in [2.05, 4.69) is 14.4 Å². The second kappa shape index (κ2) is 3.63. The molecule has 0 aliphatic carbocycles. The van der Waals surface area contributed by atoms with E-state index in [0.717, 1.165) is 10.7 Å². The zero-order valence-corrected chi connectivity index (χ0v) is 9.09. The molecule has 0 radical (unpaired) electrons. The second-order valence-electron chi connectivity index (χ2n) is 3.15. The van der Waals surface area contributed by atoms with Crippen molar-refractivity contribution in [2.45, 2.75) is 13.0 Å². The molecule has 5 nitrogen and oxygen atoms in total. The molecule has 2 N–H and O–H groups in total. The summed E-state index contributed by atoms with van der Waals surface area (Å²) in [5.74, 6) is -0.536. The van der Waals surface area contributed by atoms with Crippen LogP contribution < -0.4 is 5.32 Å². The van der Waals surface area contributed by atoms with Crippen molar-refractivity contribution in [3.8, 4) is 0 Å². The Kier molecular flexibility index (Phi) is 2.45. The standard InChI is InChI=1S/C9H10N2O3S/c1-4-6-7(12)5(9(13)14-2)3-10-8(6)15-11-4/h3,7,10,12H,1-2H3. The largest absolute Gasteiger partial charge is 0.466 e. The minimum Gasteiger partial charge on any atom is -0.466 e. The molecule has 6 heteroatoms. The third kappa shape index (κ3) is 1.51. The lowest BCUT2D eigenvalue weighted by molar-refractivity contribution is -0.137. The molecule has 1 atom stereocenters. The van der Waals surface area contributed by atoms with Crippen molar-refractivity contribution in [3.63, 3.8) is 0 Å². The summed E-state index contributed by atoms with van der Waals surface area (Å²) in [5, 5.41) is 13.6. The number of methoxy groups -OCH3 is 1. The Balaban J connectivity index is 2.39. The molecule has 80 valence electrons. The first-order valence-electron chi connectivity index (χ1n) is 4.34. The number of aromatic nitrogens is 1. The summed E-state index contributed by atoms with van der Waals surface area (Å²) in [7, 11) is 1.28. The molecule has 0 spiro atoms. The number of carbonyl (C=O) groups is 1. The number of aliphatic hydroxyl groups excluding tert-OH is 1. The first-order chi connectivity index (χ1) is 7.15. The number of aliphatic hydroxyl groups is 1. The zero-order chi connectivity index (χ0) is 11.0. The molecular formula is C9H10N2O3S. The van der Waals surface area contributed by atoms with Gasteiger partial charge in [0.05, 0.1) is 18.4 Å². The van der Waals surface area contributed by atoms with Gasteiger partial charge in [-0.2, -0.15) is 4.37 Å². The predicted molar refractivity (Wildman–Crippen MR) is 55.5 cm³/mol. The van der Waals surface area contributed by atoms with Gasteiger partial charge in [-0.3, -0.25) is 0 Å². The van der Waals surface area contributed by atoms with E-state index in [1.54, 1.807) is 6.92 Å². The van der Waals surface area contributed by atoms with Crippen LogP contribution in [0.15, 0.2) is 11.8 Å². The van der Waals surface area contributed by atoms with Crippen molar-refractivity contribution >= 4 is 22.5 Å². The Morgan fingerprint density at radius 1 is 1.73 bits per heavy atom. The van der Waals surface area contributed by atoms with Crippen LogP contribution in [0, 0.1) is 6.92 Å². The Morgan fingerprint density at radius 3 is 3.13 bits per heavy atom. The number of fused-ring (bicyclic) bond motifs is 1. The molecule has 0 bridgehead atoms. The topological polar surface area (TPSA) is 71.5 Å². The summed E-state index contributed by atoms with van der Waals surface area (Å²) < 4.78 is 8.67. The van der Waals surface area contributed by atoms with Gasteiger partial charge in [-0.15, -0.1) is 0 Å². The SMILES string of the molecule is COC(=O)C1=CNc2snc(C)c2C1O. The molecule has 0 saturated heterocycles. The van der Waals surface area contributed by atoms with Crippen LogP contribution in [-0.2, 0) is 9.53 Å². The maximum atomic E-state index is 11.3. The normalized spacial score (nSPS) is 18.9. The number of anilines is 1. The highest BCUT2D eigenvalue weighted by Gasteiger charge is 2.30. The molecule has 0 amide bonds. The van der Waals surface area contributed by atoms with Crippen LogP contribution in [0.2, 0.25) is 0 Å². The van der Waals surface area contributed by atoms with Crippen LogP contribution in [0.5, 0.6) is 0 Å². The van der Waals surface area contributed by atoms with Crippen molar-refractivity contribution in [3.05, 3.63) is 23.0 Å². The molecule has 1 aliphatic heterocycles. The van der Waals surface area contributed by atoms with E-state index in [0.29, 0.717) is 5.56 Å². The summed E-state index contributed by atoms with van der Waals surface area (Å²) in [6.07, 6.45) is 0.503. The van der Waals surface area contributed by atoms with E-state index >= 15 is 0 Å². The fraction of sp³-hybridized carbons (Fsp3) is 0.333. The number of ether oxygens (including phenoxy) is 1. The Morgan fingerprint density at radius 2 is 2.47 bits per heavy atom. The molecule has 1 aromatic heterocycles. The lowest BCUT2D eigenvalue weighted by atomic mass is 10.0. The maximum Gasteiger partial charge on any atom is 0.338 e. The Bertz CT molecular complexity index is 439. The van der Waals surface area contributed by atoms with E-state index < -0.39 is 12.1 Å². The Hall–Kier alpha value is -1.40. The van der Waals surface area contributed by atoms with Crippen molar-refractivity contribution in [2.24, 2.45) is 0 Å². The minimum absolute atomic E-state index is 0.202. The third-order valence-corrected chi connectivity index (χ3v) is 3.14. The van der Waals surface area contributed by atoms with Gasteiger partial charge in [0, 0.05) is 11.8 Å². The van der Waals surface area contributed by atoms with Crippen molar-refractivity contribution in [1.82, 2.24) is 4.37 Å². The van der Waals surface area contributed by atoms with Gasteiger partial charge in [-0.25, -0.2) is 4.79 Å². The first-order valence-corrected chi connectivity index (χ1v) is 5.11. The fourth-order valence-electron chi connectivity index (χ4n) is 1.47. The summed E-state index contributed by atoms with van der Waals surface area (Å²) in [4.78, 5) is 11.3. The average Bonchev–Trinajstić information content (AvgIpc) is 2.61. The lowest BCUT2D eigenvalue weighted by Gasteiger charge is -2.19. The molecule has 15 heavy (non-hydrogen) atoms.